The fourth-order valence-electron chi connectivity index (χ4n) is 1.81. The van der Waals surface area contributed by atoms with Crippen LogP contribution in [0.15, 0.2) is 36.4 Å². The second kappa shape index (κ2) is 5.37. The van der Waals surface area contributed by atoms with Gasteiger partial charge in [0.15, 0.2) is 0 Å². The van der Waals surface area contributed by atoms with Gasteiger partial charge in [-0.1, -0.05) is 0 Å². The van der Waals surface area contributed by atoms with Crippen LogP contribution in [0, 0.1) is 18.3 Å². The minimum Gasteiger partial charge on any atom is -0.457 e. The van der Waals surface area contributed by atoms with E-state index < -0.39 is 11.7 Å². The lowest BCUT2D eigenvalue weighted by Gasteiger charge is -2.14. The molecular formula is C15H11F3N2O. The highest BCUT2D eigenvalue weighted by Crippen LogP contribution is 2.39. The van der Waals surface area contributed by atoms with E-state index in [1.54, 1.807) is 6.92 Å². The minimum atomic E-state index is -4.56. The zero-order valence-corrected chi connectivity index (χ0v) is 11.0. The first-order valence-corrected chi connectivity index (χ1v) is 5.96. The number of aryl methyl sites for hydroxylation is 1. The Balaban J connectivity index is 2.41. The van der Waals surface area contributed by atoms with Gasteiger partial charge in [0.2, 0.25) is 0 Å². The summed E-state index contributed by atoms with van der Waals surface area (Å²) < 4.78 is 44.1. The van der Waals surface area contributed by atoms with Crippen LogP contribution in [0.4, 0.5) is 18.9 Å². The lowest BCUT2D eigenvalue weighted by atomic mass is 10.1. The van der Waals surface area contributed by atoms with Gasteiger partial charge in [0.25, 0.3) is 0 Å². The van der Waals surface area contributed by atoms with Gasteiger partial charge in [-0.25, -0.2) is 0 Å². The van der Waals surface area contributed by atoms with Gasteiger partial charge in [-0.05, 0) is 48.9 Å². The molecule has 0 amide bonds. The summed E-state index contributed by atoms with van der Waals surface area (Å²) in [4.78, 5) is 0. The Morgan fingerprint density at radius 3 is 2.43 bits per heavy atom. The molecular weight excluding hydrogens is 281 g/mol. The monoisotopic (exact) mass is 292 g/mol. The van der Waals surface area contributed by atoms with Crippen LogP contribution in [0.25, 0.3) is 0 Å². The van der Waals surface area contributed by atoms with Gasteiger partial charge in [0.1, 0.15) is 17.1 Å². The van der Waals surface area contributed by atoms with Gasteiger partial charge < -0.3 is 10.5 Å². The summed E-state index contributed by atoms with van der Waals surface area (Å²) in [5, 5.41) is 8.83. The third-order valence-corrected chi connectivity index (χ3v) is 2.86. The normalized spacial score (nSPS) is 11.0. The maximum absolute atomic E-state index is 13.0. The molecule has 0 spiro atoms. The van der Waals surface area contributed by atoms with Crippen molar-refractivity contribution >= 4 is 5.69 Å². The Kier molecular flexibility index (Phi) is 3.76. The standard InChI is InChI=1S/C15H11F3N2O/c1-9-6-12(4-2-10(9)8-19)21-14-5-3-11(20)7-13(14)15(16,17)18/h2-7H,20H2,1H3. The number of nitrogens with zero attached hydrogens (tertiary/aromatic N) is 1. The van der Waals surface area contributed by atoms with Crippen molar-refractivity contribution in [3.63, 3.8) is 0 Å². The molecule has 0 bridgehead atoms. The van der Waals surface area contributed by atoms with Gasteiger partial charge in [0, 0.05) is 5.69 Å². The summed E-state index contributed by atoms with van der Waals surface area (Å²) in [5.74, 6) is -0.109. The zero-order valence-electron chi connectivity index (χ0n) is 11.0. The second-order valence-electron chi connectivity index (χ2n) is 4.44. The van der Waals surface area contributed by atoms with Gasteiger partial charge in [-0.2, -0.15) is 18.4 Å². The number of nitrogens with two attached hydrogens (primary N) is 1. The molecule has 21 heavy (non-hydrogen) atoms. The summed E-state index contributed by atoms with van der Waals surface area (Å²) >= 11 is 0. The third kappa shape index (κ3) is 3.26. The lowest BCUT2D eigenvalue weighted by molar-refractivity contribution is -0.138. The van der Waals surface area contributed by atoms with Crippen LogP contribution in [0.1, 0.15) is 16.7 Å². The van der Waals surface area contributed by atoms with Crippen molar-refractivity contribution in [3.05, 3.63) is 53.1 Å². The molecule has 0 aliphatic carbocycles. The van der Waals surface area contributed by atoms with E-state index in [4.69, 9.17) is 15.7 Å². The Hall–Kier alpha value is -2.68. The molecule has 0 saturated heterocycles. The number of hydrogen-bond acceptors (Lipinski definition) is 3. The van der Waals surface area contributed by atoms with Crippen molar-refractivity contribution in [2.24, 2.45) is 0 Å². The summed E-state index contributed by atoms with van der Waals surface area (Å²) in [6.07, 6.45) is -4.56. The fraction of sp³-hybridized carbons (Fsp3) is 0.133. The second-order valence-corrected chi connectivity index (χ2v) is 4.44. The zero-order chi connectivity index (χ0) is 15.6. The number of rotatable bonds is 2. The Morgan fingerprint density at radius 2 is 1.86 bits per heavy atom. The SMILES string of the molecule is Cc1cc(Oc2ccc(N)cc2C(F)(F)F)ccc1C#N. The topological polar surface area (TPSA) is 59.0 Å². The van der Waals surface area contributed by atoms with Crippen molar-refractivity contribution < 1.29 is 17.9 Å². The van der Waals surface area contributed by atoms with E-state index in [0.29, 0.717) is 11.1 Å². The van der Waals surface area contributed by atoms with Crippen LogP contribution in [0.5, 0.6) is 11.5 Å². The number of alkyl halides is 3. The lowest BCUT2D eigenvalue weighted by Crippen LogP contribution is -2.08. The highest BCUT2D eigenvalue weighted by Gasteiger charge is 2.34. The van der Waals surface area contributed by atoms with E-state index in [9.17, 15) is 13.2 Å². The summed E-state index contributed by atoms with van der Waals surface area (Å²) in [6, 6.07) is 9.76. The molecule has 0 fully saturated rings. The van der Waals surface area contributed by atoms with E-state index >= 15 is 0 Å². The molecule has 2 N–H and O–H groups in total. The molecule has 0 aromatic heterocycles. The molecule has 0 heterocycles. The molecule has 6 heteroatoms. The fourth-order valence-corrected chi connectivity index (χ4v) is 1.81. The quantitative estimate of drug-likeness (QED) is 0.841. The maximum atomic E-state index is 13.0. The highest BCUT2D eigenvalue weighted by molar-refractivity contribution is 5.51. The number of nitrogen functional groups attached to an aromatic ring is 1. The van der Waals surface area contributed by atoms with E-state index in [1.807, 2.05) is 6.07 Å². The van der Waals surface area contributed by atoms with Gasteiger partial charge >= 0.3 is 6.18 Å². The van der Waals surface area contributed by atoms with Gasteiger partial charge in [-0.3, -0.25) is 0 Å². The molecule has 108 valence electrons. The number of ether oxygens (including phenoxy) is 1. The van der Waals surface area contributed by atoms with E-state index in [1.165, 1.54) is 30.3 Å². The minimum absolute atomic E-state index is 0.00526. The van der Waals surface area contributed by atoms with E-state index in [2.05, 4.69) is 0 Å². The number of anilines is 1. The Bertz CT molecular complexity index is 718. The highest BCUT2D eigenvalue weighted by atomic mass is 19.4. The number of nitriles is 1. The van der Waals surface area contributed by atoms with Crippen LogP contribution < -0.4 is 10.5 Å². The first kappa shape index (κ1) is 14.7. The average molecular weight is 292 g/mol. The average Bonchev–Trinajstić information content (AvgIpc) is 2.40. The molecule has 0 atom stereocenters. The van der Waals surface area contributed by atoms with Crippen LogP contribution in [-0.2, 0) is 6.18 Å². The predicted octanol–water partition coefficient (Wildman–Crippen LogP) is 4.26. The number of benzene rings is 2. The van der Waals surface area contributed by atoms with Crippen molar-refractivity contribution in [1.29, 1.82) is 5.26 Å². The molecule has 2 rings (SSSR count). The first-order valence-electron chi connectivity index (χ1n) is 5.96. The summed E-state index contributed by atoms with van der Waals surface area (Å²) in [6.45, 7) is 1.68. The Labute approximate surface area is 119 Å². The predicted molar refractivity (Wildman–Crippen MR) is 71.8 cm³/mol. The smallest absolute Gasteiger partial charge is 0.420 e. The first-order chi connectivity index (χ1) is 9.81. The third-order valence-electron chi connectivity index (χ3n) is 2.86. The molecule has 2 aromatic rings. The number of halogens is 3. The molecule has 0 unspecified atom stereocenters. The summed E-state index contributed by atoms with van der Waals surface area (Å²) in [7, 11) is 0. The van der Waals surface area contributed by atoms with Crippen LogP contribution in [0.3, 0.4) is 0 Å². The van der Waals surface area contributed by atoms with Crippen LogP contribution in [0.2, 0.25) is 0 Å². The molecule has 2 aromatic carbocycles. The van der Waals surface area contributed by atoms with E-state index in [0.717, 1.165) is 6.07 Å². The van der Waals surface area contributed by atoms with Crippen molar-refractivity contribution in [1.82, 2.24) is 0 Å². The van der Waals surface area contributed by atoms with Crippen molar-refractivity contribution in [2.75, 3.05) is 5.73 Å². The van der Waals surface area contributed by atoms with Crippen LogP contribution >= 0.6 is 0 Å². The summed E-state index contributed by atoms with van der Waals surface area (Å²) in [5.41, 5.74) is 5.52. The molecule has 0 saturated carbocycles. The molecule has 0 aliphatic heterocycles. The Morgan fingerprint density at radius 1 is 1.14 bits per heavy atom. The van der Waals surface area contributed by atoms with Gasteiger partial charge in [-0.15, -0.1) is 0 Å². The van der Waals surface area contributed by atoms with E-state index in [-0.39, 0.29) is 17.2 Å². The van der Waals surface area contributed by atoms with Crippen LogP contribution in [-0.4, -0.2) is 0 Å². The van der Waals surface area contributed by atoms with Crippen molar-refractivity contribution in [2.45, 2.75) is 13.1 Å². The molecule has 3 nitrogen and oxygen atoms in total. The largest absolute Gasteiger partial charge is 0.457 e. The maximum Gasteiger partial charge on any atom is 0.420 e. The van der Waals surface area contributed by atoms with Gasteiger partial charge in [0.05, 0.1) is 11.6 Å². The van der Waals surface area contributed by atoms with Crippen molar-refractivity contribution in [3.8, 4) is 17.6 Å². The number of hydrogen-bond donors (Lipinski definition) is 1. The molecule has 0 radical (unpaired) electrons. The molecule has 0 aliphatic rings.